The predicted molar refractivity (Wildman–Crippen MR) is 149 cm³/mol. The Bertz CT molecular complexity index is 1520. The number of nitrogens with zero attached hydrogens (tertiary/aromatic N) is 2. The topological polar surface area (TPSA) is 73.2 Å². The van der Waals surface area contributed by atoms with E-state index >= 15 is 0 Å². The largest absolute Gasteiger partial charge is 0.497 e. The monoisotopic (exact) mass is 513 g/mol. The van der Waals surface area contributed by atoms with Crippen molar-refractivity contribution in [3.8, 4) is 11.4 Å². The number of benzene rings is 3. The molecule has 0 spiro atoms. The SMILES string of the molecule is COc1cccc(-n2c(SCc3cc(C)ccc3C)nc3cc(C(=O)NC4CCCC4)ccc3c2=O)c1. The maximum absolute atomic E-state index is 13.8. The number of aromatic nitrogens is 2. The Hall–Kier alpha value is -3.58. The molecule has 3 aromatic carbocycles. The van der Waals surface area contributed by atoms with Gasteiger partial charge in [0.15, 0.2) is 5.16 Å². The molecule has 5 rings (SSSR count). The van der Waals surface area contributed by atoms with Crippen molar-refractivity contribution in [3.63, 3.8) is 0 Å². The number of carbonyl (C=O) groups excluding carboxylic acids is 1. The summed E-state index contributed by atoms with van der Waals surface area (Å²) >= 11 is 1.51. The minimum atomic E-state index is -0.176. The van der Waals surface area contributed by atoms with Gasteiger partial charge in [0.1, 0.15) is 5.75 Å². The van der Waals surface area contributed by atoms with E-state index in [0.29, 0.717) is 38.8 Å². The first-order valence-electron chi connectivity index (χ1n) is 12.6. The van der Waals surface area contributed by atoms with Gasteiger partial charge in [-0.3, -0.25) is 14.2 Å². The van der Waals surface area contributed by atoms with Crippen molar-refractivity contribution in [1.29, 1.82) is 0 Å². The number of carbonyl (C=O) groups is 1. The molecule has 1 amide bonds. The minimum Gasteiger partial charge on any atom is -0.497 e. The summed E-state index contributed by atoms with van der Waals surface area (Å²) in [4.78, 5) is 31.6. The lowest BCUT2D eigenvalue weighted by molar-refractivity contribution is 0.0938. The molecule has 0 unspecified atom stereocenters. The molecule has 1 fully saturated rings. The van der Waals surface area contributed by atoms with E-state index in [9.17, 15) is 9.59 Å². The molecule has 1 aromatic heterocycles. The van der Waals surface area contributed by atoms with Crippen LogP contribution in [0.4, 0.5) is 0 Å². The van der Waals surface area contributed by atoms with Crippen molar-refractivity contribution in [2.75, 3.05) is 7.11 Å². The molecule has 0 bridgehead atoms. The van der Waals surface area contributed by atoms with Gasteiger partial charge in [0, 0.05) is 23.4 Å². The van der Waals surface area contributed by atoms with Crippen LogP contribution in [0.1, 0.15) is 52.7 Å². The molecule has 1 N–H and O–H groups in total. The first-order chi connectivity index (χ1) is 17.9. The first kappa shape index (κ1) is 25.1. The summed E-state index contributed by atoms with van der Waals surface area (Å²) in [5, 5.41) is 4.17. The zero-order valence-electron chi connectivity index (χ0n) is 21.4. The van der Waals surface area contributed by atoms with E-state index in [1.807, 2.05) is 24.3 Å². The highest BCUT2D eigenvalue weighted by molar-refractivity contribution is 7.98. The highest BCUT2D eigenvalue weighted by Gasteiger charge is 2.20. The number of hydrogen-bond acceptors (Lipinski definition) is 5. The number of nitrogens with one attached hydrogen (secondary N) is 1. The summed E-state index contributed by atoms with van der Waals surface area (Å²) in [7, 11) is 1.61. The Morgan fingerprint density at radius 3 is 2.68 bits per heavy atom. The smallest absolute Gasteiger partial charge is 0.266 e. The van der Waals surface area contributed by atoms with Gasteiger partial charge in [-0.1, -0.05) is 54.4 Å². The Morgan fingerprint density at radius 1 is 1.08 bits per heavy atom. The molecule has 1 aliphatic carbocycles. The van der Waals surface area contributed by atoms with Crippen LogP contribution in [0.15, 0.2) is 70.6 Å². The molecule has 37 heavy (non-hydrogen) atoms. The Labute approximate surface area is 221 Å². The van der Waals surface area contributed by atoms with Gasteiger partial charge >= 0.3 is 0 Å². The second kappa shape index (κ2) is 10.8. The molecule has 1 aliphatic rings. The molecule has 6 nitrogen and oxygen atoms in total. The van der Waals surface area contributed by atoms with Crippen LogP contribution in [-0.2, 0) is 5.75 Å². The van der Waals surface area contributed by atoms with E-state index in [1.165, 1.54) is 28.5 Å². The van der Waals surface area contributed by atoms with Gasteiger partial charge in [-0.2, -0.15) is 0 Å². The molecule has 1 saturated carbocycles. The van der Waals surface area contributed by atoms with Crippen LogP contribution in [0.5, 0.6) is 5.75 Å². The third kappa shape index (κ3) is 5.42. The van der Waals surface area contributed by atoms with E-state index in [1.54, 1.807) is 29.9 Å². The van der Waals surface area contributed by atoms with Crippen molar-refractivity contribution >= 4 is 28.6 Å². The number of aryl methyl sites for hydroxylation is 2. The molecular weight excluding hydrogens is 482 g/mol. The molecule has 0 aliphatic heterocycles. The third-order valence-electron chi connectivity index (χ3n) is 6.96. The molecule has 1 heterocycles. The maximum Gasteiger partial charge on any atom is 0.266 e. The molecule has 4 aromatic rings. The van der Waals surface area contributed by atoms with Crippen molar-refractivity contribution in [2.24, 2.45) is 0 Å². The molecule has 7 heteroatoms. The van der Waals surface area contributed by atoms with E-state index in [-0.39, 0.29) is 17.5 Å². The van der Waals surface area contributed by atoms with Crippen LogP contribution >= 0.6 is 11.8 Å². The van der Waals surface area contributed by atoms with Crippen LogP contribution in [-0.4, -0.2) is 28.6 Å². The summed E-state index contributed by atoms with van der Waals surface area (Å²) in [5.74, 6) is 1.21. The van der Waals surface area contributed by atoms with Gasteiger partial charge in [0.05, 0.1) is 23.7 Å². The van der Waals surface area contributed by atoms with Gasteiger partial charge in [0.2, 0.25) is 0 Å². The van der Waals surface area contributed by atoms with Crippen molar-refractivity contribution < 1.29 is 9.53 Å². The quantitative estimate of drug-likeness (QED) is 0.243. The van der Waals surface area contributed by atoms with Gasteiger partial charge in [0.25, 0.3) is 11.5 Å². The highest BCUT2D eigenvalue weighted by atomic mass is 32.2. The first-order valence-corrected chi connectivity index (χ1v) is 13.6. The average molecular weight is 514 g/mol. The van der Waals surface area contributed by atoms with Crippen LogP contribution in [0.25, 0.3) is 16.6 Å². The zero-order valence-corrected chi connectivity index (χ0v) is 22.2. The lowest BCUT2D eigenvalue weighted by atomic mass is 10.1. The highest BCUT2D eigenvalue weighted by Crippen LogP contribution is 2.28. The number of hydrogen-bond donors (Lipinski definition) is 1. The Morgan fingerprint density at radius 2 is 1.89 bits per heavy atom. The van der Waals surface area contributed by atoms with Gasteiger partial charge in [-0.05, 0) is 68.1 Å². The van der Waals surface area contributed by atoms with E-state index in [0.717, 1.165) is 25.7 Å². The normalized spacial score (nSPS) is 13.7. The summed E-state index contributed by atoms with van der Waals surface area (Å²) < 4.78 is 7.05. The fourth-order valence-electron chi connectivity index (χ4n) is 4.82. The maximum atomic E-state index is 13.8. The molecular formula is C30H31N3O3S. The van der Waals surface area contributed by atoms with E-state index < -0.39 is 0 Å². The molecule has 0 radical (unpaired) electrons. The third-order valence-corrected chi connectivity index (χ3v) is 7.95. The molecule has 0 atom stereocenters. The lowest BCUT2D eigenvalue weighted by Gasteiger charge is -2.16. The number of amides is 1. The molecule has 0 saturated heterocycles. The van der Waals surface area contributed by atoms with E-state index in [4.69, 9.17) is 9.72 Å². The minimum absolute atomic E-state index is 0.114. The van der Waals surface area contributed by atoms with Crippen LogP contribution < -0.4 is 15.6 Å². The summed E-state index contributed by atoms with van der Waals surface area (Å²) in [6.07, 6.45) is 4.33. The van der Waals surface area contributed by atoms with Gasteiger partial charge < -0.3 is 10.1 Å². The number of fused-ring (bicyclic) bond motifs is 1. The summed E-state index contributed by atoms with van der Waals surface area (Å²) in [5.41, 5.74) is 5.13. The molecule has 190 valence electrons. The summed E-state index contributed by atoms with van der Waals surface area (Å²) in [6, 6.07) is 19.2. The van der Waals surface area contributed by atoms with Crippen molar-refractivity contribution in [3.05, 3.63) is 93.3 Å². The standard InChI is InChI=1S/C30H31N3O3S/c1-19-11-12-20(2)22(15-19)18-37-30-32-27-16-21(28(34)31-23-7-4-5-8-23)13-14-26(27)29(35)33(30)24-9-6-10-25(17-24)36-3/h6,9-17,23H,4-5,7-8,18H2,1-3H3,(H,31,34). The van der Waals surface area contributed by atoms with Crippen LogP contribution in [0, 0.1) is 13.8 Å². The van der Waals surface area contributed by atoms with Crippen molar-refractivity contribution in [2.45, 2.75) is 56.5 Å². The second-order valence-corrected chi connectivity index (χ2v) is 10.6. The second-order valence-electron chi connectivity index (χ2n) is 9.64. The van der Waals surface area contributed by atoms with E-state index in [2.05, 4.69) is 37.4 Å². The zero-order chi connectivity index (χ0) is 25.9. The number of thioether (sulfide) groups is 1. The van der Waals surface area contributed by atoms with Gasteiger partial charge in [-0.25, -0.2) is 4.98 Å². The number of methoxy groups -OCH3 is 1. The summed E-state index contributed by atoms with van der Waals surface area (Å²) in [6.45, 7) is 4.17. The number of ether oxygens (including phenoxy) is 1. The number of rotatable bonds is 7. The van der Waals surface area contributed by atoms with Crippen LogP contribution in [0.2, 0.25) is 0 Å². The van der Waals surface area contributed by atoms with Gasteiger partial charge in [-0.15, -0.1) is 0 Å². The fraction of sp³-hybridized carbons (Fsp3) is 0.300. The van der Waals surface area contributed by atoms with Crippen molar-refractivity contribution in [1.82, 2.24) is 14.9 Å². The van der Waals surface area contributed by atoms with Crippen LogP contribution in [0.3, 0.4) is 0 Å². The average Bonchev–Trinajstić information content (AvgIpc) is 3.42. The predicted octanol–water partition coefficient (Wildman–Crippen LogP) is 5.98. The Kier molecular flexibility index (Phi) is 7.33. The lowest BCUT2D eigenvalue weighted by Crippen LogP contribution is -2.32. The fourth-order valence-corrected chi connectivity index (χ4v) is 5.89. The Balaban J connectivity index is 1.58.